The third kappa shape index (κ3) is 3.97. The monoisotopic (exact) mass is 501 g/mol. The fraction of sp³-hybridized carbons (Fsp3) is 0.542. The van der Waals surface area contributed by atoms with Crippen LogP contribution >= 0.6 is 0 Å². The molecule has 12 heteroatoms. The Kier molecular flexibility index (Phi) is 5.72. The number of nitrogens with one attached hydrogen (secondary N) is 1. The lowest BCUT2D eigenvalue weighted by Crippen LogP contribution is -2.71. The van der Waals surface area contributed by atoms with Gasteiger partial charge in [-0.15, -0.1) is 0 Å². The standard InChI is InChI=1S/C24H29F2N7O3/c1-23(2,3)21-24(13-31(21)22(35)36)7-5-14(6-8-24)33-12-16(17(30-33)18(25)26)29-20(34)15-11-28-32-10-4-9-27-19(15)32/h4,9-12,14,18,21H,5-8,13H2,1-3H3,(H,29,34)(H,35,36). The molecule has 3 aromatic rings. The number of rotatable bonds is 4. The maximum atomic E-state index is 13.8. The van der Waals surface area contributed by atoms with Gasteiger partial charge in [-0.3, -0.25) is 9.48 Å². The van der Waals surface area contributed by atoms with E-state index in [1.54, 1.807) is 12.3 Å². The third-order valence-electron chi connectivity index (χ3n) is 7.51. The molecule has 2 N–H and O–H groups in total. The lowest BCUT2D eigenvalue weighted by Gasteiger charge is -2.63. The molecule has 0 radical (unpaired) electrons. The van der Waals surface area contributed by atoms with E-state index in [4.69, 9.17) is 0 Å². The quantitative estimate of drug-likeness (QED) is 0.538. The van der Waals surface area contributed by atoms with Crippen LogP contribution in [0.5, 0.6) is 0 Å². The minimum absolute atomic E-state index is 0.0427. The Balaban J connectivity index is 1.33. The maximum absolute atomic E-state index is 13.8. The molecule has 5 rings (SSSR count). The Hall–Kier alpha value is -3.57. The fourth-order valence-electron chi connectivity index (χ4n) is 6.20. The lowest BCUT2D eigenvalue weighted by atomic mass is 9.55. The van der Waals surface area contributed by atoms with Crippen molar-refractivity contribution in [2.45, 2.75) is 65.0 Å². The van der Waals surface area contributed by atoms with Crippen LogP contribution in [0.2, 0.25) is 0 Å². The number of likely N-dealkylation sites (tertiary alicyclic amines) is 1. The van der Waals surface area contributed by atoms with Gasteiger partial charge in [-0.25, -0.2) is 23.1 Å². The Morgan fingerprint density at radius 1 is 1.25 bits per heavy atom. The first-order chi connectivity index (χ1) is 17.0. The van der Waals surface area contributed by atoms with Crippen LogP contribution in [0.1, 0.15) is 75.0 Å². The van der Waals surface area contributed by atoms with E-state index in [9.17, 15) is 23.5 Å². The van der Waals surface area contributed by atoms with Crippen molar-refractivity contribution in [1.82, 2.24) is 29.3 Å². The fourth-order valence-corrected chi connectivity index (χ4v) is 6.20. The van der Waals surface area contributed by atoms with Crippen molar-refractivity contribution >= 4 is 23.3 Å². The first-order valence-electron chi connectivity index (χ1n) is 12.0. The van der Waals surface area contributed by atoms with Crippen LogP contribution in [0, 0.1) is 10.8 Å². The molecule has 1 spiro atoms. The minimum atomic E-state index is -2.86. The first kappa shape index (κ1) is 24.1. The summed E-state index contributed by atoms with van der Waals surface area (Å²) in [7, 11) is 0. The zero-order chi connectivity index (χ0) is 25.8. The summed E-state index contributed by atoms with van der Waals surface area (Å²) < 4.78 is 30.6. The molecule has 4 heterocycles. The van der Waals surface area contributed by atoms with Gasteiger partial charge in [-0.2, -0.15) is 10.2 Å². The molecule has 2 amide bonds. The predicted molar refractivity (Wildman–Crippen MR) is 126 cm³/mol. The van der Waals surface area contributed by atoms with Crippen LogP contribution in [0.3, 0.4) is 0 Å². The summed E-state index contributed by atoms with van der Waals surface area (Å²) in [4.78, 5) is 30.2. The predicted octanol–water partition coefficient (Wildman–Crippen LogP) is 4.63. The van der Waals surface area contributed by atoms with E-state index in [2.05, 4.69) is 41.3 Å². The number of hydrogen-bond donors (Lipinski definition) is 2. The van der Waals surface area contributed by atoms with E-state index in [1.807, 2.05) is 0 Å². The Labute approximate surface area is 206 Å². The van der Waals surface area contributed by atoms with Gasteiger partial charge in [-0.05, 0) is 37.2 Å². The summed E-state index contributed by atoms with van der Waals surface area (Å²) in [5, 5.41) is 20.4. The number of carboxylic acid groups (broad SMARTS) is 1. The molecule has 0 bridgehead atoms. The number of halogens is 2. The lowest BCUT2D eigenvalue weighted by molar-refractivity contribution is -0.130. The van der Waals surface area contributed by atoms with Gasteiger partial charge in [0.25, 0.3) is 12.3 Å². The normalized spacial score (nSPS) is 24.3. The summed E-state index contributed by atoms with van der Waals surface area (Å²) in [5.74, 6) is -0.594. The van der Waals surface area contributed by atoms with E-state index in [0.29, 0.717) is 25.0 Å². The minimum Gasteiger partial charge on any atom is -0.465 e. The van der Waals surface area contributed by atoms with Gasteiger partial charge in [-0.1, -0.05) is 20.8 Å². The molecule has 1 saturated heterocycles. The molecule has 1 atom stereocenters. The van der Waals surface area contributed by atoms with Crippen molar-refractivity contribution in [3.8, 4) is 0 Å². The molecule has 192 valence electrons. The number of amides is 2. The van der Waals surface area contributed by atoms with Crippen molar-refractivity contribution in [3.63, 3.8) is 0 Å². The van der Waals surface area contributed by atoms with E-state index in [-0.39, 0.29) is 34.2 Å². The molecule has 0 aromatic carbocycles. The smallest absolute Gasteiger partial charge is 0.407 e. The highest BCUT2D eigenvalue weighted by molar-refractivity contribution is 6.08. The van der Waals surface area contributed by atoms with Crippen LogP contribution in [0.4, 0.5) is 19.3 Å². The molecular formula is C24H29F2N7O3. The largest absolute Gasteiger partial charge is 0.465 e. The van der Waals surface area contributed by atoms with Crippen LogP contribution in [-0.4, -0.2) is 59.0 Å². The number of anilines is 1. The average molecular weight is 502 g/mol. The average Bonchev–Trinajstić information content (AvgIpc) is 3.41. The molecule has 2 aliphatic rings. The first-order valence-corrected chi connectivity index (χ1v) is 12.0. The number of alkyl halides is 2. The second-order valence-corrected chi connectivity index (χ2v) is 10.9. The SMILES string of the molecule is CC(C)(C)C1N(C(=O)O)CC12CCC(n1cc(NC(=O)c3cnn4cccnc34)c(C(F)F)n1)CC2. The van der Waals surface area contributed by atoms with Gasteiger partial charge in [0.05, 0.1) is 17.9 Å². The molecule has 1 aliphatic carbocycles. The highest BCUT2D eigenvalue weighted by atomic mass is 19.3. The molecule has 10 nitrogen and oxygen atoms in total. The number of aromatic nitrogens is 5. The van der Waals surface area contributed by atoms with E-state index in [1.165, 1.54) is 32.7 Å². The molecule has 3 aromatic heterocycles. The van der Waals surface area contributed by atoms with Crippen molar-refractivity contribution in [1.29, 1.82) is 0 Å². The van der Waals surface area contributed by atoms with E-state index >= 15 is 0 Å². The number of nitrogens with zero attached hydrogens (tertiary/aromatic N) is 6. The van der Waals surface area contributed by atoms with Crippen molar-refractivity contribution in [2.75, 3.05) is 11.9 Å². The van der Waals surface area contributed by atoms with Gasteiger partial charge in [0.2, 0.25) is 0 Å². The summed E-state index contributed by atoms with van der Waals surface area (Å²) in [6, 6.07) is 1.46. The third-order valence-corrected chi connectivity index (χ3v) is 7.51. The van der Waals surface area contributed by atoms with E-state index in [0.717, 1.165) is 12.8 Å². The summed E-state index contributed by atoms with van der Waals surface area (Å²) in [5.41, 5.74) is -0.352. The second-order valence-electron chi connectivity index (χ2n) is 10.9. The summed E-state index contributed by atoms with van der Waals surface area (Å²) in [6.07, 6.45) is 5.14. The van der Waals surface area contributed by atoms with Gasteiger partial charge in [0, 0.05) is 36.6 Å². The highest BCUT2D eigenvalue weighted by Crippen LogP contribution is 2.56. The number of hydrogen-bond acceptors (Lipinski definition) is 5. The Morgan fingerprint density at radius 3 is 2.61 bits per heavy atom. The molecule has 36 heavy (non-hydrogen) atoms. The van der Waals surface area contributed by atoms with Crippen molar-refractivity contribution < 1.29 is 23.5 Å². The Bertz CT molecular complexity index is 1300. The molecule has 1 aliphatic heterocycles. The molecular weight excluding hydrogens is 472 g/mol. The van der Waals surface area contributed by atoms with E-state index < -0.39 is 24.1 Å². The maximum Gasteiger partial charge on any atom is 0.407 e. The van der Waals surface area contributed by atoms with Crippen LogP contribution < -0.4 is 5.32 Å². The van der Waals surface area contributed by atoms with Gasteiger partial charge < -0.3 is 15.3 Å². The highest BCUT2D eigenvalue weighted by Gasteiger charge is 2.59. The number of carbonyl (C=O) groups is 2. The zero-order valence-corrected chi connectivity index (χ0v) is 20.4. The number of carbonyl (C=O) groups excluding carboxylic acids is 1. The van der Waals surface area contributed by atoms with Gasteiger partial charge >= 0.3 is 6.09 Å². The molecule has 2 fully saturated rings. The number of fused-ring (bicyclic) bond motifs is 1. The molecule has 1 saturated carbocycles. The Morgan fingerprint density at radius 2 is 1.97 bits per heavy atom. The van der Waals surface area contributed by atoms with Gasteiger partial charge in [0.1, 0.15) is 5.56 Å². The summed E-state index contributed by atoms with van der Waals surface area (Å²) in [6.45, 7) is 6.65. The van der Waals surface area contributed by atoms with Crippen LogP contribution in [0.15, 0.2) is 30.9 Å². The summed E-state index contributed by atoms with van der Waals surface area (Å²) >= 11 is 0. The molecule has 1 unspecified atom stereocenters. The van der Waals surface area contributed by atoms with Gasteiger partial charge in [0.15, 0.2) is 11.3 Å². The van der Waals surface area contributed by atoms with Crippen molar-refractivity contribution in [2.24, 2.45) is 10.8 Å². The zero-order valence-electron chi connectivity index (χ0n) is 20.4. The van der Waals surface area contributed by atoms with Crippen molar-refractivity contribution in [3.05, 3.63) is 42.1 Å². The second kappa shape index (κ2) is 8.52. The topological polar surface area (TPSA) is 118 Å². The van der Waals surface area contributed by atoms with Crippen LogP contribution in [-0.2, 0) is 0 Å². The van der Waals surface area contributed by atoms with Crippen LogP contribution in [0.25, 0.3) is 5.65 Å².